The quantitative estimate of drug-likeness (QED) is 0.777. The van der Waals surface area contributed by atoms with Crippen LogP contribution in [0.2, 0.25) is 0 Å². The fraction of sp³-hybridized carbons (Fsp3) is 0.333. The van der Waals surface area contributed by atoms with Crippen molar-refractivity contribution in [2.24, 2.45) is 0 Å². The Morgan fingerprint density at radius 1 is 1.07 bits per heavy atom. The molecule has 144 valence electrons. The van der Waals surface area contributed by atoms with Crippen LogP contribution in [0.1, 0.15) is 45.9 Å². The van der Waals surface area contributed by atoms with Gasteiger partial charge >= 0.3 is 5.97 Å². The number of aromatic carboxylic acids is 1. The standard InChI is InChI=1S/C18H20N2O6S/c21-17(19-12-13-8-9-15(26-13)18(22)23)14-6-2-3-7-16(14)27(24,25)20-10-4-1-5-11-20/h2-3,6-9H,1,4-5,10-12H2,(H,19,21)(H,22,23). The van der Waals surface area contributed by atoms with E-state index in [9.17, 15) is 18.0 Å². The summed E-state index contributed by atoms with van der Waals surface area (Å²) in [7, 11) is -3.76. The molecule has 8 nitrogen and oxygen atoms in total. The highest BCUT2D eigenvalue weighted by Crippen LogP contribution is 2.23. The van der Waals surface area contributed by atoms with Gasteiger partial charge in [0.15, 0.2) is 0 Å². The van der Waals surface area contributed by atoms with E-state index < -0.39 is 21.9 Å². The van der Waals surface area contributed by atoms with Crippen molar-refractivity contribution in [3.63, 3.8) is 0 Å². The maximum Gasteiger partial charge on any atom is 0.371 e. The normalized spacial score (nSPS) is 15.4. The van der Waals surface area contributed by atoms with Gasteiger partial charge in [0, 0.05) is 13.1 Å². The highest BCUT2D eigenvalue weighted by molar-refractivity contribution is 7.89. The van der Waals surface area contributed by atoms with Crippen molar-refractivity contribution in [1.82, 2.24) is 9.62 Å². The van der Waals surface area contributed by atoms with Crippen LogP contribution in [0.5, 0.6) is 0 Å². The number of rotatable bonds is 6. The molecule has 0 saturated carbocycles. The lowest BCUT2D eigenvalue weighted by Gasteiger charge is -2.26. The Bertz CT molecular complexity index is 944. The van der Waals surface area contributed by atoms with Crippen molar-refractivity contribution in [2.75, 3.05) is 13.1 Å². The van der Waals surface area contributed by atoms with E-state index in [1.165, 1.54) is 28.6 Å². The van der Waals surface area contributed by atoms with Crippen LogP contribution in [0.25, 0.3) is 0 Å². The van der Waals surface area contributed by atoms with Gasteiger partial charge in [0.2, 0.25) is 15.8 Å². The number of nitrogens with one attached hydrogen (secondary N) is 1. The lowest BCUT2D eigenvalue weighted by atomic mass is 10.2. The second kappa shape index (κ2) is 7.93. The summed E-state index contributed by atoms with van der Waals surface area (Å²) < 4.78 is 32.3. The number of nitrogens with zero attached hydrogens (tertiary/aromatic N) is 1. The summed E-state index contributed by atoms with van der Waals surface area (Å²) in [6.45, 7) is 0.843. The first-order chi connectivity index (χ1) is 12.9. The smallest absolute Gasteiger partial charge is 0.371 e. The van der Waals surface area contributed by atoms with Gasteiger partial charge in [-0.2, -0.15) is 4.31 Å². The van der Waals surface area contributed by atoms with Crippen LogP contribution >= 0.6 is 0 Å². The summed E-state index contributed by atoms with van der Waals surface area (Å²) in [6, 6.07) is 8.79. The molecule has 0 unspecified atom stereocenters. The molecule has 2 aromatic rings. The number of amides is 1. The third kappa shape index (κ3) is 4.20. The maximum atomic E-state index is 12.9. The molecule has 0 atom stereocenters. The van der Waals surface area contributed by atoms with Crippen LogP contribution in [0.3, 0.4) is 0 Å². The van der Waals surface area contributed by atoms with Crippen LogP contribution < -0.4 is 5.32 Å². The Labute approximate surface area is 156 Å². The largest absolute Gasteiger partial charge is 0.475 e. The molecule has 2 N–H and O–H groups in total. The van der Waals surface area contributed by atoms with Crippen molar-refractivity contribution in [1.29, 1.82) is 0 Å². The first kappa shape index (κ1) is 19.1. The van der Waals surface area contributed by atoms with E-state index in [4.69, 9.17) is 9.52 Å². The van der Waals surface area contributed by atoms with Crippen molar-refractivity contribution in [3.8, 4) is 0 Å². The lowest BCUT2D eigenvalue weighted by molar-refractivity contribution is 0.0660. The number of piperidine rings is 1. The number of sulfonamides is 1. The fourth-order valence-electron chi connectivity index (χ4n) is 2.97. The summed E-state index contributed by atoms with van der Waals surface area (Å²) in [4.78, 5) is 23.4. The molecular formula is C18H20N2O6S. The zero-order chi connectivity index (χ0) is 19.4. The topological polar surface area (TPSA) is 117 Å². The van der Waals surface area contributed by atoms with E-state index in [0.717, 1.165) is 19.3 Å². The first-order valence-electron chi connectivity index (χ1n) is 8.59. The minimum Gasteiger partial charge on any atom is -0.475 e. The van der Waals surface area contributed by atoms with Gasteiger partial charge in [0.1, 0.15) is 5.76 Å². The molecule has 1 aromatic heterocycles. The predicted octanol–water partition coefficient (Wildman–Crippen LogP) is 2.08. The number of carbonyl (C=O) groups excluding carboxylic acids is 1. The molecule has 1 aliphatic rings. The Balaban J connectivity index is 1.78. The summed E-state index contributed by atoms with van der Waals surface area (Å²) in [5, 5.41) is 11.4. The summed E-state index contributed by atoms with van der Waals surface area (Å²) >= 11 is 0. The fourth-order valence-corrected chi connectivity index (χ4v) is 4.68. The molecular weight excluding hydrogens is 372 g/mol. The average Bonchev–Trinajstić information content (AvgIpc) is 3.16. The number of carbonyl (C=O) groups is 2. The van der Waals surface area contributed by atoms with E-state index in [1.54, 1.807) is 12.1 Å². The molecule has 2 heterocycles. The van der Waals surface area contributed by atoms with Gasteiger partial charge in [-0.3, -0.25) is 4.79 Å². The minimum absolute atomic E-state index is 0.0323. The van der Waals surface area contributed by atoms with Gasteiger partial charge in [-0.05, 0) is 37.1 Å². The predicted molar refractivity (Wildman–Crippen MR) is 95.9 cm³/mol. The Morgan fingerprint density at radius 3 is 2.44 bits per heavy atom. The van der Waals surface area contributed by atoms with Crippen molar-refractivity contribution >= 4 is 21.9 Å². The van der Waals surface area contributed by atoms with Crippen LogP contribution in [-0.4, -0.2) is 42.8 Å². The molecule has 0 radical (unpaired) electrons. The average molecular weight is 392 g/mol. The molecule has 1 aromatic carbocycles. The highest BCUT2D eigenvalue weighted by atomic mass is 32.2. The third-order valence-electron chi connectivity index (χ3n) is 4.36. The van der Waals surface area contributed by atoms with Crippen LogP contribution in [0, 0.1) is 0 Å². The van der Waals surface area contributed by atoms with E-state index in [0.29, 0.717) is 13.1 Å². The number of carboxylic acids is 1. The molecule has 0 aliphatic carbocycles. The van der Waals surface area contributed by atoms with Crippen LogP contribution in [-0.2, 0) is 16.6 Å². The number of hydrogen-bond acceptors (Lipinski definition) is 5. The van der Waals surface area contributed by atoms with Crippen molar-refractivity contribution in [2.45, 2.75) is 30.7 Å². The first-order valence-corrected chi connectivity index (χ1v) is 10.0. The lowest BCUT2D eigenvalue weighted by Crippen LogP contribution is -2.37. The summed E-state index contributed by atoms with van der Waals surface area (Å²) in [6.07, 6.45) is 2.60. The molecule has 1 fully saturated rings. The van der Waals surface area contributed by atoms with Gasteiger partial charge in [-0.25, -0.2) is 13.2 Å². The molecule has 3 rings (SSSR count). The minimum atomic E-state index is -3.76. The van der Waals surface area contributed by atoms with Crippen LogP contribution in [0.4, 0.5) is 0 Å². The SMILES string of the molecule is O=C(O)c1ccc(CNC(=O)c2ccccc2S(=O)(=O)N2CCCCC2)o1. The molecule has 1 amide bonds. The van der Waals surface area contributed by atoms with E-state index in [-0.39, 0.29) is 28.5 Å². The maximum absolute atomic E-state index is 12.9. The Hall–Kier alpha value is -2.65. The second-order valence-electron chi connectivity index (χ2n) is 6.21. The van der Waals surface area contributed by atoms with Gasteiger partial charge in [-0.1, -0.05) is 18.6 Å². The van der Waals surface area contributed by atoms with E-state index in [2.05, 4.69) is 5.32 Å². The molecule has 1 saturated heterocycles. The molecule has 9 heteroatoms. The molecule has 0 bridgehead atoms. The highest BCUT2D eigenvalue weighted by Gasteiger charge is 2.29. The zero-order valence-corrected chi connectivity index (χ0v) is 15.4. The van der Waals surface area contributed by atoms with Crippen molar-refractivity contribution < 1.29 is 27.5 Å². The monoisotopic (exact) mass is 392 g/mol. The van der Waals surface area contributed by atoms with Crippen molar-refractivity contribution in [3.05, 3.63) is 53.5 Å². The third-order valence-corrected chi connectivity index (χ3v) is 6.32. The second-order valence-corrected chi connectivity index (χ2v) is 8.12. The van der Waals surface area contributed by atoms with Gasteiger partial charge in [0.05, 0.1) is 17.0 Å². The summed E-state index contributed by atoms with van der Waals surface area (Å²) in [5.41, 5.74) is 0.0492. The van der Waals surface area contributed by atoms with Gasteiger partial charge < -0.3 is 14.8 Å². The number of carboxylic acid groups (broad SMARTS) is 1. The van der Waals surface area contributed by atoms with E-state index >= 15 is 0 Å². The number of furan rings is 1. The zero-order valence-electron chi connectivity index (χ0n) is 14.6. The number of benzene rings is 1. The molecule has 1 aliphatic heterocycles. The Kier molecular flexibility index (Phi) is 5.62. The molecule has 0 spiro atoms. The summed E-state index contributed by atoms with van der Waals surface area (Å²) in [5.74, 6) is -1.74. The van der Waals surface area contributed by atoms with E-state index in [1.807, 2.05) is 0 Å². The van der Waals surface area contributed by atoms with Crippen LogP contribution in [0.15, 0.2) is 45.7 Å². The number of hydrogen-bond donors (Lipinski definition) is 2. The van der Waals surface area contributed by atoms with Gasteiger partial charge in [0.25, 0.3) is 5.91 Å². The Morgan fingerprint density at radius 2 is 1.78 bits per heavy atom. The van der Waals surface area contributed by atoms with Gasteiger partial charge in [-0.15, -0.1) is 0 Å². The molecule has 27 heavy (non-hydrogen) atoms.